The van der Waals surface area contributed by atoms with Crippen LogP contribution in [0.2, 0.25) is 5.02 Å². The maximum Gasteiger partial charge on any atom is 0.243 e. The van der Waals surface area contributed by atoms with Gasteiger partial charge in [0.1, 0.15) is 0 Å². The molecule has 1 saturated heterocycles. The highest BCUT2D eigenvalue weighted by Gasteiger charge is 2.31. The summed E-state index contributed by atoms with van der Waals surface area (Å²) in [7, 11) is -7.34. The Morgan fingerprint density at radius 1 is 0.704 bits per heavy atom. The van der Waals surface area contributed by atoms with E-state index in [1.165, 1.54) is 32.9 Å². The molecule has 0 amide bonds. The van der Waals surface area contributed by atoms with Crippen LogP contribution >= 0.6 is 11.6 Å². The number of aryl methyl sites for hydroxylation is 1. The number of rotatable bonds is 4. The maximum absolute atomic E-state index is 12.9. The van der Waals surface area contributed by atoms with Gasteiger partial charge in [0.25, 0.3) is 0 Å². The second-order valence-electron chi connectivity index (χ2n) is 6.43. The van der Waals surface area contributed by atoms with Gasteiger partial charge in [0.15, 0.2) is 0 Å². The van der Waals surface area contributed by atoms with Gasteiger partial charge >= 0.3 is 0 Å². The summed E-state index contributed by atoms with van der Waals surface area (Å²) in [6, 6.07) is 12.6. The van der Waals surface area contributed by atoms with E-state index >= 15 is 0 Å². The minimum absolute atomic E-state index is 0.107. The first-order valence-corrected chi connectivity index (χ1v) is 11.8. The third-order valence-corrected chi connectivity index (χ3v) is 8.60. The second kappa shape index (κ2) is 7.89. The van der Waals surface area contributed by atoms with E-state index in [0.717, 1.165) is 5.56 Å². The van der Waals surface area contributed by atoms with Crippen molar-refractivity contribution in [1.82, 2.24) is 8.61 Å². The predicted octanol–water partition coefficient (Wildman–Crippen LogP) is 2.73. The highest BCUT2D eigenvalue weighted by Crippen LogP contribution is 2.22. The number of nitrogens with zero attached hydrogens (tertiary/aromatic N) is 2. The van der Waals surface area contributed by atoms with Gasteiger partial charge < -0.3 is 0 Å². The van der Waals surface area contributed by atoms with Crippen LogP contribution in [0.4, 0.5) is 0 Å². The summed E-state index contributed by atoms with van der Waals surface area (Å²) in [6.07, 6.45) is 0.428. The third kappa shape index (κ3) is 4.35. The lowest BCUT2D eigenvalue weighted by Gasteiger charge is -2.22. The van der Waals surface area contributed by atoms with Gasteiger partial charge in [0.05, 0.1) is 9.79 Å². The van der Waals surface area contributed by atoms with Crippen molar-refractivity contribution in [3.63, 3.8) is 0 Å². The van der Waals surface area contributed by atoms with Gasteiger partial charge in [-0.25, -0.2) is 16.8 Å². The average Bonchev–Trinajstić information content (AvgIpc) is 2.90. The molecular weight excluding hydrogens is 408 g/mol. The molecule has 0 unspecified atom stereocenters. The Bertz CT molecular complexity index is 921. The van der Waals surface area contributed by atoms with Crippen molar-refractivity contribution in [3.05, 3.63) is 59.1 Å². The standard InChI is InChI=1S/C18H21ClN2O4S2/c1-15-3-7-17(8-4-15)26(22,23)20-11-2-12-21(14-13-20)27(24,25)18-9-5-16(19)6-10-18/h3-10H,2,11-14H2,1H3. The Labute approximate surface area is 165 Å². The maximum atomic E-state index is 12.9. The zero-order valence-corrected chi connectivity index (χ0v) is 17.3. The van der Waals surface area contributed by atoms with Crippen molar-refractivity contribution in [1.29, 1.82) is 0 Å². The number of halogens is 1. The van der Waals surface area contributed by atoms with Gasteiger partial charge in [0, 0.05) is 31.2 Å². The highest BCUT2D eigenvalue weighted by atomic mass is 35.5. The molecule has 2 aromatic carbocycles. The first-order chi connectivity index (χ1) is 12.7. The van der Waals surface area contributed by atoms with E-state index in [-0.39, 0.29) is 36.0 Å². The molecule has 1 heterocycles. The Hall–Kier alpha value is -1.45. The van der Waals surface area contributed by atoms with E-state index in [1.807, 2.05) is 6.92 Å². The van der Waals surface area contributed by atoms with Crippen molar-refractivity contribution in [2.45, 2.75) is 23.1 Å². The monoisotopic (exact) mass is 428 g/mol. The molecule has 3 rings (SSSR count). The zero-order chi connectivity index (χ0) is 19.7. The summed E-state index contributed by atoms with van der Waals surface area (Å²) in [5.41, 5.74) is 0.977. The molecule has 1 aliphatic rings. The predicted molar refractivity (Wildman–Crippen MR) is 105 cm³/mol. The number of sulfonamides is 2. The molecule has 9 heteroatoms. The van der Waals surface area contributed by atoms with Gasteiger partial charge in [-0.3, -0.25) is 0 Å². The Morgan fingerprint density at radius 2 is 1.11 bits per heavy atom. The zero-order valence-electron chi connectivity index (χ0n) is 14.9. The fraction of sp³-hybridized carbons (Fsp3) is 0.333. The lowest BCUT2D eigenvalue weighted by molar-refractivity contribution is 0.404. The molecule has 0 aromatic heterocycles. The Balaban J connectivity index is 1.79. The van der Waals surface area contributed by atoms with Crippen molar-refractivity contribution in [2.75, 3.05) is 26.2 Å². The van der Waals surface area contributed by atoms with E-state index in [2.05, 4.69) is 0 Å². The largest absolute Gasteiger partial charge is 0.243 e. The summed E-state index contributed by atoms with van der Waals surface area (Å²) in [4.78, 5) is 0.379. The smallest absolute Gasteiger partial charge is 0.207 e. The quantitative estimate of drug-likeness (QED) is 0.750. The second-order valence-corrected chi connectivity index (χ2v) is 10.7. The van der Waals surface area contributed by atoms with Gasteiger partial charge in [-0.1, -0.05) is 29.3 Å². The summed E-state index contributed by atoms with van der Waals surface area (Å²) in [6.45, 7) is 2.66. The van der Waals surface area contributed by atoms with Gasteiger partial charge in [-0.05, 0) is 49.7 Å². The van der Waals surface area contributed by atoms with Crippen LogP contribution in [-0.4, -0.2) is 51.6 Å². The van der Waals surface area contributed by atoms with Crippen LogP contribution in [0.5, 0.6) is 0 Å². The Morgan fingerprint density at radius 3 is 1.56 bits per heavy atom. The van der Waals surface area contributed by atoms with E-state index in [4.69, 9.17) is 11.6 Å². The first kappa shape index (κ1) is 20.3. The van der Waals surface area contributed by atoms with Crippen LogP contribution in [0.25, 0.3) is 0 Å². The highest BCUT2D eigenvalue weighted by molar-refractivity contribution is 7.89. The Kier molecular flexibility index (Phi) is 5.93. The van der Waals surface area contributed by atoms with Gasteiger partial charge in [-0.2, -0.15) is 8.61 Å². The van der Waals surface area contributed by atoms with Crippen LogP contribution in [-0.2, 0) is 20.0 Å². The summed E-state index contributed by atoms with van der Waals surface area (Å²) >= 11 is 5.83. The van der Waals surface area contributed by atoms with E-state index < -0.39 is 20.0 Å². The summed E-state index contributed by atoms with van der Waals surface area (Å²) < 4.78 is 54.1. The molecule has 146 valence electrons. The van der Waals surface area contributed by atoms with E-state index in [0.29, 0.717) is 11.4 Å². The first-order valence-electron chi connectivity index (χ1n) is 8.54. The molecule has 2 aromatic rings. The average molecular weight is 429 g/mol. The van der Waals surface area contributed by atoms with Crippen LogP contribution in [0.1, 0.15) is 12.0 Å². The van der Waals surface area contributed by atoms with Crippen molar-refractivity contribution in [2.24, 2.45) is 0 Å². The number of benzene rings is 2. The minimum Gasteiger partial charge on any atom is -0.207 e. The van der Waals surface area contributed by atoms with E-state index in [1.54, 1.807) is 24.3 Å². The van der Waals surface area contributed by atoms with E-state index in [9.17, 15) is 16.8 Å². The van der Waals surface area contributed by atoms with Crippen LogP contribution in [0, 0.1) is 6.92 Å². The number of hydrogen-bond donors (Lipinski definition) is 0. The third-order valence-electron chi connectivity index (χ3n) is 4.52. The number of hydrogen-bond acceptors (Lipinski definition) is 4. The fourth-order valence-electron chi connectivity index (χ4n) is 2.97. The molecule has 0 bridgehead atoms. The van der Waals surface area contributed by atoms with Crippen LogP contribution in [0.15, 0.2) is 58.3 Å². The summed E-state index contributed by atoms with van der Waals surface area (Å²) in [5, 5.41) is 0.459. The summed E-state index contributed by atoms with van der Waals surface area (Å²) in [5.74, 6) is 0. The molecule has 6 nitrogen and oxygen atoms in total. The molecule has 0 spiro atoms. The molecule has 0 radical (unpaired) electrons. The topological polar surface area (TPSA) is 74.8 Å². The van der Waals surface area contributed by atoms with Crippen LogP contribution in [0.3, 0.4) is 0 Å². The molecule has 1 aliphatic heterocycles. The normalized spacial score (nSPS) is 17.6. The molecule has 0 atom stereocenters. The molecule has 27 heavy (non-hydrogen) atoms. The molecule has 0 N–H and O–H groups in total. The molecule has 1 fully saturated rings. The SMILES string of the molecule is Cc1ccc(S(=O)(=O)N2CCCN(S(=O)(=O)c3ccc(Cl)cc3)CC2)cc1. The molecule has 0 saturated carbocycles. The van der Waals surface area contributed by atoms with Crippen LogP contribution < -0.4 is 0 Å². The van der Waals surface area contributed by atoms with Gasteiger partial charge in [-0.15, -0.1) is 0 Å². The lowest BCUT2D eigenvalue weighted by atomic mass is 10.2. The van der Waals surface area contributed by atoms with Crippen molar-refractivity contribution >= 4 is 31.6 Å². The molecular formula is C18H21ClN2O4S2. The fourth-order valence-corrected chi connectivity index (χ4v) is 6.03. The van der Waals surface area contributed by atoms with Crippen molar-refractivity contribution in [3.8, 4) is 0 Å². The minimum atomic E-state index is -3.69. The van der Waals surface area contributed by atoms with Gasteiger partial charge in [0.2, 0.25) is 20.0 Å². The molecule has 0 aliphatic carbocycles. The van der Waals surface area contributed by atoms with Crippen molar-refractivity contribution < 1.29 is 16.8 Å². The lowest BCUT2D eigenvalue weighted by Crippen LogP contribution is -2.37.